The number of hydrogen-bond donors (Lipinski definition) is 0. The standard InChI is InChI=1S/C20H17F2NO3S/c1-26-19-9-5-15(6-10-19)14-23(18-4-2-3-17(22)13-18)27(24,25)20-11-7-16(21)8-12-20/h2-13H,14H2,1H3. The van der Waals surface area contributed by atoms with Gasteiger partial charge in [0.15, 0.2) is 0 Å². The van der Waals surface area contributed by atoms with Gasteiger partial charge >= 0.3 is 0 Å². The van der Waals surface area contributed by atoms with Gasteiger partial charge in [0.25, 0.3) is 10.0 Å². The molecule has 3 aromatic carbocycles. The van der Waals surface area contributed by atoms with Gasteiger partial charge in [-0.05, 0) is 60.2 Å². The van der Waals surface area contributed by atoms with Gasteiger partial charge in [-0.1, -0.05) is 18.2 Å². The van der Waals surface area contributed by atoms with Crippen molar-refractivity contribution in [3.63, 3.8) is 0 Å². The summed E-state index contributed by atoms with van der Waals surface area (Å²) in [6.45, 7) is -0.0207. The highest BCUT2D eigenvalue weighted by Gasteiger charge is 2.25. The van der Waals surface area contributed by atoms with Crippen LogP contribution in [0.1, 0.15) is 5.56 Å². The van der Waals surface area contributed by atoms with Crippen LogP contribution in [0.5, 0.6) is 5.75 Å². The molecule has 0 atom stereocenters. The Balaban J connectivity index is 2.04. The lowest BCUT2D eigenvalue weighted by atomic mass is 10.2. The van der Waals surface area contributed by atoms with E-state index in [2.05, 4.69) is 0 Å². The zero-order valence-electron chi connectivity index (χ0n) is 14.5. The van der Waals surface area contributed by atoms with Gasteiger partial charge in [-0.2, -0.15) is 0 Å². The molecule has 27 heavy (non-hydrogen) atoms. The molecule has 0 aliphatic heterocycles. The Morgan fingerprint density at radius 1 is 0.889 bits per heavy atom. The van der Waals surface area contributed by atoms with Crippen LogP contribution in [-0.2, 0) is 16.6 Å². The third kappa shape index (κ3) is 4.25. The molecule has 0 N–H and O–H groups in total. The molecule has 0 aliphatic rings. The minimum absolute atomic E-state index is 0.0207. The molecule has 0 bridgehead atoms. The second kappa shape index (κ2) is 7.75. The molecular weight excluding hydrogens is 372 g/mol. The first-order valence-corrected chi connectivity index (χ1v) is 9.51. The second-order valence-electron chi connectivity index (χ2n) is 5.79. The fourth-order valence-electron chi connectivity index (χ4n) is 2.58. The zero-order chi connectivity index (χ0) is 19.4. The van der Waals surface area contributed by atoms with E-state index in [0.29, 0.717) is 11.3 Å². The third-order valence-corrected chi connectivity index (χ3v) is 5.77. The molecule has 0 spiro atoms. The highest BCUT2D eigenvalue weighted by atomic mass is 32.2. The molecule has 140 valence electrons. The Labute approximate surface area is 156 Å². The molecular formula is C20H17F2NO3S. The fourth-order valence-corrected chi connectivity index (χ4v) is 4.02. The van der Waals surface area contributed by atoms with E-state index in [1.54, 1.807) is 24.3 Å². The lowest BCUT2D eigenvalue weighted by Crippen LogP contribution is -2.30. The number of methoxy groups -OCH3 is 1. The van der Waals surface area contributed by atoms with E-state index < -0.39 is 21.7 Å². The van der Waals surface area contributed by atoms with Gasteiger partial charge in [-0.15, -0.1) is 0 Å². The summed E-state index contributed by atoms with van der Waals surface area (Å²) >= 11 is 0. The minimum Gasteiger partial charge on any atom is -0.497 e. The van der Waals surface area contributed by atoms with Crippen LogP contribution >= 0.6 is 0 Å². The minimum atomic E-state index is -4.03. The normalized spacial score (nSPS) is 11.2. The summed E-state index contributed by atoms with van der Waals surface area (Å²) in [5, 5.41) is 0. The quantitative estimate of drug-likeness (QED) is 0.629. The van der Waals surface area contributed by atoms with Crippen LogP contribution in [0.3, 0.4) is 0 Å². The number of benzene rings is 3. The highest BCUT2D eigenvalue weighted by molar-refractivity contribution is 7.92. The lowest BCUT2D eigenvalue weighted by Gasteiger charge is -2.25. The molecule has 0 saturated carbocycles. The van der Waals surface area contributed by atoms with Crippen LogP contribution in [0, 0.1) is 11.6 Å². The van der Waals surface area contributed by atoms with Crippen molar-refractivity contribution in [2.45, 2.75) is 11.4 Å². The van der Waals surface area contributed by atoms with Gasteiger partial charge < -0.3 is 4.74 Å². The lowest BCUT2D eigenvalue weighted by molar-refractivity contribution is 0.414. The van der Waals surface area contributed by atoms with Crippen molar-refractivity contribution in [1.29, 1.82) is 0 Å². The van der Waals surface area contributed by atoms with Gasteiger partial charge in [0, 0.05) is 0 Å². The van der Waals surface area contributed by atoms with Crippen molar-refractivity contribution < 1.29 is 21.9 Å². The third-order valence-electron chi connectivity index (χ3n) is 3.98. The number of anilines is 1. The number of nitrogens with zero attached hydrogens (tertiary/aromatic N) is 1. The average Bonchev–Trinajstić information content (AvgIpc) is 2.67. The van der Waals surface area contributed by atoms with Crippen molar-refractivity contribution in [1.82, 2.24) is 0 Å². The second-order valence-corrected chi connectivity index (χ2v) is 7.66. The van der Waals surface area contributed by atoms with Gasteiger partial charge in [0.1, 0.15) is 17.4 Å². The summed E-state index contributed by atoms with van der Waals surface area (Å²) in [6, 6.07) is 16.7. The summed E-state index contributed by atoms with van der Waals surface area (Å²) in [7, 11) is -2.50. The molecule has 7 heteroatoms. The molecule has 0 fully saturated rings. The Bertz CT molecular complexity index is 1020. The molecule has 0 unspecified atom stereocenters. The van der Waals surface area contributed by atoms with E-state index in [-0.39, 0.29) is 17.1 Å². The molecule has 0 radical (unpaired) electrons. The number of hydrogen-bond acceptors (Lipinski definition) is 3. The summed E-state index contributed by atoms with van der Waals surface area (Å²) in [4.78, 5) is -0.0818. The van der Waals surface area contributed by atoms with E-state index in [1.807, 2.05) is 0 Å². The largest absolute Gasteiger partial charge is 0.497 e. The monoisotopic (exact) mass is 389 g/mol. The molecule has 0 amide bonds. The van der Waals surface area contributed by atoms with Gasteiger partial charge in [0.05, 0.1) is 24.2 Å². The predicted molar refractivity (Wildman–Crippen MR) is 99.2 cm³/mol. The van der Waals surface area contributed by atoms with Crippen molar-refractivity contribution in [3.05, 3.63) is 90.0 Å². The fraction of sp³-hybridized carbons (Fsp3) is 0.100. The predicted octanol–water partition coefficient (Wildman–Crippen LogP) is 4.37. The summed E-state index contributed by atoms with van der Waals surface area (Å²) < 4.78 is 59.4. The van der Waals surface area contributed by atoms with Crippen LogP contribution in [0.4, 0.5) is 14.5 Å². The maximum Gasteiger partial charge on any atom is 0.264 e. The zero-order valence-corrected chi connectivity index (χ0v) is 15.3. The van der Waals surface area contributed by atoms with Crippen molar-refractivity contribution in [2.24, 2.45) is 0 Å². The number of sulfonamides is 1. The first kappa shape index (κ1) is 18.8. The molecule has 0 heterocycles. The molecule has 3 aromatic rings. The van der Waals surface area contributed by atoms with E-state index in [0.717, 1.165) is 22.5 Å². The average molecular weight is 389 g/mol. The van der Waals surface area contributed by atoms with Gasteiger partial charge in [-0.3, -0.25) is 4.31 Å². The van der Waals surface area contributed by atoms with E-state index in [9.17, 15) is 17.2 Å². The smallest absolute Gasteiger partial charge is 0.264 e. The van der Waals surface area contributed by atoms with E-state index in [1.165, 1.54) is 37.4 Å². The maximum atomic E-state index is 13.7. The van der Waals surface area contributed by atoms with E-state index >= 15 is 0 Å². The Kier molecular flexibility index (Phi) is 5.41. The van der Waals surface area contributed by atoms with Crippen LogP contribution in [0.2, 0.25) is 0 Å². The summed E-state index contributed by atoms with van der Waals surface area (Å²) in [6.07, 6.45) is 0. The van der Waals surface area contributed by atoms with Crippen LogP contribution < -0.4 is 9.04 Å². The van der Waals surface area contributed by atoms with Crippen LogP contribution in [0.25, 0.3) is 0 Å². The summed E-state index contributed by atoms with van der Waals surface area (Å²) in [5.41, 5.74) is 0.862. The molecule has 4 nitrogen and oxygen atoms in total. The van der Waals surface area contributed by atoms with Crippen LogP contribution in [0.15, 0.2) is 77.7 Å². The van der Waals surface area contributed by atoms with Gasteiger partial charge in [0.2, 0.25) is 0 Å². The van der Waals surface area contributed by atoms with Crippen molar-refractivity contribution in [2.75, 3.05) is 11.4 Å². The Morgan fingerprint density at radius 3 is 2.15 bits per heavy atom. The number of rotatable bonds is 6. The molecule has 0 aliphatic carbocycles. The maximum absolute atomic E-state index is 13.7. The first-order chi connectivity index (χ1) is 12.9. The number of ether oxygens (including phenoxy) is 1. The molecule has 0 saturated heterocycles. The highest BCUT2D eigenvalue weighted by Crippen LogP contribution is 2.27. The van der Waals surface area contributed by atoms with Crippen LogP contribution in [-0.4, -0.2) is 15.5 Å². The van der Waals surface area contributed by atoms with Gasteiger partial charge in [-0.25, -0.2) is 17.2 Å². The van der Waals surface area contributed by atoms with E-state index in [4.69, 9.17) is 4.74 Å². The molecule has 0 aromatic heterocycles. The SMILES string of the molecule is COc1ccc(CN(c2cccc(F)c2)S(=O)(=O)c2ccc(F)cc2)cc1. The number of halogens is 2. The molecule has 3 rings (SSSR count). The summed E-state index contributed by atoms with van der Waals surface area (Å²) in [5.74, 6) is -0.458. The van der Waals surface area contributed by atoms with Crippen molar-refractivity contribution >= 4 is 15.7 Å². The Hall–Kier alpha value is -2.93. The first-order valence-electron chi connectivity index (χ1n) is 8.07. The van der Waals surface area contributed by atoms with Crippen molar-refractivity contribution in [3.8, 4) is 5.75 Å². The topological polar surface area (TPSA) is 46.6 Å². The Morgan fingerprint density at radius 2 is 1.56 bits per heavy atom.